The van der Waals surface area contributed by atoms with Crippen molar-refractivity contribution in [2.45, 2.75) is 13.3 Å². The van der Waals surface area contributed by atoms with Crippen LogP contribution in [0.3, 0.4) is 0 Å². The van der Waals surface area contributed by atoms with Gasteiger partial charge in [0.15, 0.2) is 11.5 Å². The number of carbonyl (C=O) groups excluding carboxylic acids is 2. The number of hydrogen-bond acceptors (Lipinski definition) is 4. The fourth-order valence-electron chi connectivity index (χ4n) is 1.42. The largest absolute Gasteiger partial charge is 0.493 e. The number of hydrogen-bond donors (Lipinski definition) is 1. The van der Waals surface area contributed by atoms with Crippen LogP contribution in [0.2, 0.25) is 0 Å². The van der Waals surface area contributed by atoms with Gasteiger partial charge in [-0.15, -0.1) is 0 Å². The van der Waals surface area contributed by atoms with Crippen molar-refractivity contribution in [2.24, 2.45) is 0 Å². The van der Waals surface area contributed by atoms with Gasteiger partial charge in [0.25, 0.3) is 0 Å². The lowest BCUT2D eigenvalue weighted by Gasteiger charge is -2.10. The average molecular weight is 251 g/mol. The number of methoxy groups -OCH3 is 1. The zero-order chi connectivity index (χ0) is 13.4. The monoisotopic (exact) mass is 251 g/mol. The summed E-state index contributed by atoms with van der Waals surface area (Å²) in [5.41, 5.74) is 0.504. The lowest BCUT2D eigenvalue weighted by molar-refractivity contribution is -0.121. The second-order valence-electron chi connectivity index (χ2n) is 3.58. The highest BCUT2D eigenvalue weighted by molar-refractivity contribution is 5.77. The van der Waals surface area contributed by atoms with E-state index in [1.165, 1.54) is 7.11 Å². The molecule has 1 aromatic carbocycles. The normalized spacial score (nSPS) is 9.67. The van der Waals surface area contributed by atoms with Crippen LogP contribution in [0.5, 0.6) is 11.5 Å². The molecular weight excluding hydrogens is 234 g/mol. The molecular formula is C13H17NO4. The maximum Gasteiger partial charge on any atom is 0.223 e. The van der Waals surface area contributed by atoms with Crippen molar-refractivity contribution >= 4 is 12.2 Å². The molecule has 0 bridgehead atoms. The fourth-order valence-corrected chi connectivity index (χ4v) is 1.42. The highest BCUT2D eigenvalue weighted by Crippen LogP contribution is 2.27. The molecule has 0 aliphatic carbocycles. The van der Waals surface area contributed by atoms with Gasteiger partial charge in [-0.05, 0) is 25.1 Å². The smallest absolute Gasteiger partial charge is 0.223 e. The van der Waals surface area contributed by atoms with Crippen LogP contribution in [0.1, 0.15) is 23.7 Å². The topological polar surface area (TPSA) is 64.6 Å². The molecule has 98 valence electrons. The minimum Gasteiger partial charge on any atom is -0.493 e. The minimum atomic E-state index is -0.0667. The first kappa shape index (κ1) is 14.0. The van der Waals surface area contributed by atoms with Crippen LogP contribution >= 0.6 is 0 Å². The van der Waals surface area contributed by atoms with Gasteiger partial charge < -0.3 is 14.8 Å². The molecule has 0 aliphatic heterocycles. The van der Waals surface area contributed by atoms with Crippen LogP contribution < -0.4 is 14.8 Å². The molecule has 1 aromatic rings. The SMILES string of the molecule is CCNC(=O)CCOc1cc(C=O)ccc1OC. The van der Waals surface area contributed by atoms with E-state index in [0.29, 0.717) is 23.6 Å². The summed E-state index contributed by atoms with van der Waals surface area (Å²) >= 11 is 0. The standard InChI is InChI=1S/C13H17NO4/c1-3-14-13(16)6-7-18-12-8-10(9-15)4-5-11(12)17-2/h4-5,8-9H,3,6-7H2,1-2H3,(H,14,16). The Bertz CT molecular complexity index is 417. The summed E-state index contributed by atoms with van der Waals surface area (Å²) in [4.78, 5) is 21.9. The Morgan fingerprint density at radius 1 is 1.39 bits per heavy atom. The first-order valence-corrected chi connectivity index (χ1v) is 5.74. The number of benzene rings is 1. The van der Waals surface area contributed by atoms with Crippen LogP contribution in [0, 0.1) is 0 Å². The van der Waals surface area contributed by atoms with Crippen LogP contribution in [0.4, 0.5) is 0 Å². The van der Waals surface area contributed by atoms with Crippen molar-refractivity contribution in [2.75, 3.05) is 20.3 Å². The molecule has 0 spiro atoms. The van der Waals surface area contributed by atoms with Crippen LogP contribution in [0.25, 0.3) is 0 Å². The van der Waals surface area contributed by atoms with E-state index in [1.54, 1.807) is 18.2 Å². The van der Waals surface area contributed by atoms with E-state index in [1.807, 2.05) is 6.92 Å². The highest BCUT2D eigenvalue weighted by Gasteiger charge is 2.07. The summed E-state index contributed by atoms with van der Waals surface area (Å²) in [5.74, 6) is 0.936. The second-order valence-corrected chi connectivity index (χ2v) is 3.58. The number of rotatable bonds is 7. The van der Waals surface area contributed by atoms with Gasteiger partial charge >= 0.3 is 0 Å². The van der Waals surface area contributed by atoms with Crippen molar-refractivity contribution in [3.05, 3.63) is 23.8 Å². The number of ether oxygens (including phenoxy) is 2. The molecule has 1 N–H and O–H groups in total. The van der Waals surface area contributed by atoms with Gasteiger partial charge in [-0.1, -0.05) is 0 Å². The molecule has 1 amide bonds. The molecule has 0 saturated carbocycles. The van der Waals surface area contributed by atoms with E-state index < -0.39 is 0 Å². The van der Waals surface area contributed by atoms with E-state index in [0.717, 1.165) is 6.29 Å². The van der Waals surface area contributed by atoms with E-state index in [9.17, 15) is 9.59 Å². The van der Waals surface area contributed by atoms with Gasteiger partial charge in [0, 0.05) is 12.1 Å². The van der Waals surface area contributed by atoms with Gasteiger partial charge in [-0.25, -0.2) is 0 Å². The van der Waals surface area contributed by atoms with Crippen LogP contribution in [0.15, 0.2) is 18.2 Å². The Hall–Kier alpha value is -2.04. The molecule has 5 nitrogen and oxygen atoms in total. The van der Waals surface area contributed by atoms with Crippen molar-refractivity contribution < 1.29 is 19.1 Å². The quantitative estimate of drug-likeness (QED) is 0.744. The van der Waals surface area contributed by atoms with E-state index in [4.69, 9.17) is 9.47 Å². The Balaban J connectivity index is 2.59. The molecule has 0 aromatic heterocycles. The summed E-state index contributed by atoms with van der Waals surface area (Å²) in [6, 6.07) is 4.89. The number of carbonyl (C=O) groups is 2. The average Bonchev–Trinajstić information content (AvgIpc) is 2.39. The van der Waals surface area contributed by atoms with Gasteiger partial charge in [-0.3, -0.25) is 9.59 Å². The lowest BCUT2D eigenvalue weighted by atomic mass is 10.2. The number of nitrogens with one attached hydrogen (secondary N) is 1. The Morgan fingerprint density at radius 2 is 2.17 bits per heavy atom. The third-order valence-electron chi connectivity index (χ3n) is 2.28. The molecule has 0 heterocycles. The summed E-state index contributed by atoms with van der Waals surface area (Å²) in [7, 11) is 1.52. The number of aldehydes is 1. The van der Waals surface area contributed by atoms with Crippen LogP contribution in [-0.2, 0) is 4.79 Å². The fraction of sp³-hybridized carbons (Fsp3) is 0.385. The van der Waals surface area contributed by atoms with Crippen molar-refractivity contribution in [3.63, 3.8) is 0 Å². The summed E-state index contributed by atoms with van der Waals surface area (Å²) < 4.78 is 10.6. The van der Waals surface area contributed by atoms with E-state index >= 15 is 0 Å². The molecule has 5 heteroatoms. The first-order chi connectivity index (χ1) is 8.71. The minimum absolute atomic E-state index is 0.0667. The molecule has 0 aliphatic rings. The van der Waals surface area contributed by atoms with Crippen molar-refractivity contribution in [1.82, 2.24) is 5.32 Å². The third kappa shape index (κ3) is 4.08. The zero-order valence-electron chi connectivity index (χ0n) is 10.6. The first-order valence-electron chi connectivity index (χ1n) is 5.74. The van der Waals surface area contributed by atoms with Gasteiger partial charge in [0.05, 0.1) is 20.1 Å². The molecule has 0 saturated heterocycles. The Labute approximate surface area is 106 Å². The predicted molar refractivity (Wildman–Crippen MR) is 67.2 cm³/mol. The van der Waals surface area contributed by atoms with Gasteiger partial charge in [0.1, 0.15) is 6.29 Å². The molecule has 18 heavy (non-hydrogen) atoms. The Kier molecular flexibility index (Phi) is 5.70. The number of amides is 1. The second kappa shape index (κ2) is 7.32. The lowest BCUT2D eigenvalue weighted by Crippen LogP contribution is -2.24. The van der Waals surface area contributed by atoms with E-state index in [-0.39, 0.29) is 18.9 Å². The highest BCUT2D eigenvalue weighted by atomic mass is 16.5. The van der Waals surface area contributed by atoms with E-state index in [2.05, 4.69) is 5.32 Å². The summed E-state index contributed by atoms with van der Waals surface area (Å²) in [5, 5.41) is 2.68. The molecule has 0 atom stereocenters. The third-order valence-corrected chi connectivity index (χ3v) is 2.28. The van der Waals surface area contributed by atoms with Gasteiger partial charge in [-0.2, -0.15) is 0 Å². The zero-order valence-corrected chi connectivity index (χ0v) is 10.6. The maximum atomic E-state index is 11.2. The predicted octanol–water partition coefficient (Wildman–Crippen LogP) is 1.41. The molecule has 0 unspecified atom stereocenters. The Morgan fingerprint density at radius 3 is 2.78 bits per heavy atom. The summed E-state index contributed by atoms with van der Waals surface area (Å²) in [6.07, 6.45) is 0.998. The van der Waals surface area contributed by atoms with Crippen molar-refractivity contribution in [1.29, 1.82) is 0 Å². The molecule has 0 radical (unpaired) electrons. The van der Waals surface area contributed by atoms with Gasteiger partial charge in [0.2, 0.25) is 5.91 Å². The van der Waals surface area contributed by atoms with Crippen LogP contribution in [-0.4, -0.2) is 32.5 Å². The van der Waals surface area contributed by atoms with Crippen molar-refractivity contribution in [3.8, 4) is 11.5 Å². The molecule has 1 rings (SSSR count). The summed E-state index contributed by atoms with van der Waals surface area (Å²) in [6.45, 7) is 2.70. The maximum absolute atomic E-state index is 11.2. The molecule has 0 fully saturated rings.